The SMILES string of the molecule is CCCCNC(=O)C(C)N(Cc1ccccc1C)C(=O)CN(c1cc(C)ccc1C)S(C)(=O)=O. The largest absolute Gasteiger partial charge is 0.354 e. The Morgan fingerprint density at radius 2 is 1.71 bits per heavy atom. The summed E-state index contributed by atoms with van der Waals surface area (Å²) in [4.78, 5) is 27.9. The average molecular weight is 488 g/mol. The van der Waals surface area contributed by atoms with Crippen LogP contribution in [0.2, 0.25) is 0 Å². The molecule has 0 saturated heterocycles. The van der Waals surface area contributed by atoms with Crippen molar-refractivity contribution in [3.8, 4) is 0 Å². The Hall–Kier alpha value is -2.87. The van der Waals surface area contributed by atoms with Gasteiger partial charge in [0.05, 0.1) is 11.9 Å². The predicted molar refractivity (Wildman–Crippen MR) is 137 cm³/mol. The number of nitrogens with zero attached hydrogens (tertiary/aromatic N) is 2. The molecule has 0 fully saturated rings. The maximum Gasteiger partial charge on any atom is 0.244 e. The van der Waals surface area contributed by atoms with Gasteiger partial charge in [-0.2, -0.15) is 0 Å². The zero-order valence-electron chi connectivity index (χ0n) is 21.1. The summed E-state index contributed by atoms with van der Waals surface area (Å²) in [5.74, 6) is -0.694. The van der Waals surface area contributed by atoms with Gasteiger partial charge in [-0.3, -0.25) is 13.9 Å². The third-order valence-electron chi connectivity index (χ3n) is 5.91. The van der Waals surface area contributed by atoms with Gasteiger partial charge in [0.25, 0.3) is 0 Å². The van der Waals surface area contributed by atoms with Crippen LogP contribution in [0.1, 0.15) is 48.9 Å². The molecule has 0 aliphatic rings. The van der Waals surface area contributed by atoms with Crippen LogP contribution < -0.4 is 9.62 Å². The van der Waals surface area contributed by atoms with Gasteiger partial charge in [-0.25, -0.2) is 8.42 Å². The number of hydrogen-bond donors (Lipinski definition) is 1. The molecule has 0 spiro atoms. The van der Waals surface area contributed by atoms with Gasteiger partial charge < -0.3 is 10.2 Å². The van der Waals surface area contributed by atoms with E-state index >= 15 is 0 Å². The van der Waals surface area contributed by atoms with Gasteiger partial charge in [0, 0.05) is 13.1 Å². The quantitative estimate of drug-likeness (QED) is 0.490. The van der Waals surface area contributed by atoms with Crippen LogP contribution in [-0.4, -0.2) is 50.5 Å². The molecule has 186 valence electrons. The van der Waals surface area contributed by atoms with E-state index in [4.69, 9.17) is 0 Å². The topological polar surface area (TPSA) is 86.8 Å². The molecule has 0 aliphatic heterocycles. The van der Waals surface area contributed by atoms with Crippen LogP contribution in [0.15, 0.2) is 42.5 Å². The zero-order valence-corrected chi connectivity index (χ0v) is 21.9. The van der Waals surface area contributed by atoms with Crippen LogP contribution in [0, 0.1) is 20.8 Å². The first-order valence-electron chi connectivity index (χ1n) is 11.6. The Balaban J connectivity index is 2.41. The predicted octanol–water partition coefficient (Wildman–Crippen LogP) is 3.71. The maximum atomic E-state index is 13.6. The van der Waals surface area contributed by atoms with E-state index < -0.39 is 22.0 Å². The van der Waals surface area contributed by atoms with Crippen molar-refractivity contribution in [3.05, 3.63) is 64.7 Å². The fourth-order valence-corrected chi connectivity index (χ4v) is 4.57. The molecule has 2 amide bonds. The van der Waals surface area contributed by atoms with Gasteiger partial charge >= 0.3 is 0 Å². The third-order valence-corrected chi connectivity index (χ3v) is 7.04. The van der Waals surface area contributed by atoms with Gasteiger partial charge in [-0.15, -0.1) is 0 Å². The lowest BCUT2D eigenvalue weighted by atomic mass is 10.1. The molecule has 8 heteroatoms. The molecule has 1 atom stereocenters. The average Bonchev–Trinajstić information content (AvgIpc) is 2.77. The molecule has 0 bridgehead atoms. The van der Waals surface area contributed by atoms with Crippen molar-refractivity contribution in [2.75, 3.05) is 23.7 Å². The number of hydrogen-bond acceptors (Lipinski definition) is 4. The first-order chi connectivity index (χ1) is 16.0. The number of amides is 2. The summed E-state index contributed by atoms with van der Waals surface area (Å²) in [7, 11) is -3.75. The number of aryl methyl sites for hydroxylation is 3. The lowest BCUT2D eigenvalue weighted by Crippen LogP contribution is -2.51. The third kappa shape index (κ3) is 7.32. The van der Waals surface area contributed by atoms with Crippen molar-refractivity contribution in [1.82, 2.24) is 10.2 Å². The Bertz CT molecular complexity index is 1110. The van der Waals surface area contributed by atoms with Crippen molar-refractivity contribution in [3.63, 3.8) is 0 Å². The number of carbonyl (C=O) groups excluding carboxylic acids is 2. The van der Waals surface area contributed by atoms with Crippen molar-refractivity contribution in [1.29, 1.82) is 0 Å². The van der Waals surface area contributed by atoms with Crippen LogP contribution in [0.25, 0.3) is 0 Å². The highest BCUT2D eigenvalue weighted by Crippen LogP contribution is 2.24. The highest BCUT2D eigenvalue weighted by Gasteiger charge is 2.30. The molecule has 1 unspecified atom stereocenters. The van der Waals surface area contributed by atoms with Crippen LogP contribution in [-0.2, 0) is 26.2 Å². The fraction of sp³-hybridized carbons (Fsp3) is 0.462. The van der Waals surface area contributed by atoms with E-state index in [0.717, 1.165) is 45.7 Å². The van der Waals surface area contributed by atoms with Crippen LogP contribution >= 0.6 is 0 Å². The lowest BCUT2D eigenvalue weighted by molar-refractivity contribution is -0.139. The normalized spacial score (nSPS) is 12.2. The summed E-state index contributed by atoms with van der Waals surface area (Å²) in [6.45, 7) is 9.70. The summed E-state index contributed by atoms with van der Waals surface area (Å²) in [5, 5.41) is 2.89. The minimum absolute atomic E-state index is 0.207. The van der Waals surface area contributed by atoms with Crippen molar-refractivity contribution >= 4 is 27.5 Å². The Kier molecular flexibility index (Phi) is 9.67. The van der Waals surface area contributed by atoms with Crippen LogP contribution in [0.5, 0.6) is 0 Å². The van der Waals surface area contributed by atoms with Crippen LogP contribution in [0.3, 0.4) is 0 Å². The molecule has 0 aromatic heterocycles. The highest BCUT2D eigenvalue weighted by atomic mass is 32.2. The first-order valence-corrected chi connectivity index (χ1v) is 13.5. The van der Waals surface area contributed by atoms with E-state index in [1.54, 1.807) is 13.0 Å². The molecule has 2 aromatic carbocycles. The molecular weight excluding hydrogens is 450 g/mol. The van der Waals surface area contributed by atoms with E-state index in [2.05, 4.69) is 5.32 Å². The Morgan fingerprint density at radius 1 is 1.03 bits per heavy atom. The monoisotopic (exact) mass is 487 g/mol. The Morgan fingerprint density at radius 3 is 2.32 bits per heavy atom. The minimum Gasteiger partial charge on any atom is -0.354 e. The molecule has 0 heterocycles. The number of unbranched alkanes of at least 4 members (excludes halogenated alkanes) is 1. The number of nitrogens with one attached hydrogen (secondary N) is 1. The zero-order chi connectivity index (χ0) is 25.5. The van der Waals surface area contributed by atoms with Crippen molar-refractivity contribution < 1.29 is 18.0 Å². The summed E-state index contributed by atoms with van der Waals surface area (Å²) < 4.78 is 26.6. The molecule has 1 N–H and O–H groups in total. The maximum absolute atomic E-state index is 13.6. The Labute approximate surface area is 204 Å². The van der Waals surface area contributed by atoms with E-state index in [9.17, 15) is 18.0 Å². The molecular formula is C26H37N3O4S. The second-order valence-electron chi connectivity index (χ2n) is 8.83. The molecule has 7 nitrogen and oxygen atoms in total. The standard InChI is InChI=1S/C26H37N3O4S/c1-7-8-15-27-26(31)22(5)28(17-23-12-10-9-11-20(23)3)25(30)18-29(34(6,32)33)24-16-19(2)13-14-21(24)4/h9-14,16,22H,7-8,15,17-18H2,1-6H3,(H,27,31). The van der Waals surface area contributed by atoms with Gasteiger partial charge in [0.1, 0.15) is 12.6 Å². The number of anilines is 1. The van der Waals surface area contributed by atoms with Crippen molar-refractivity contribution in [2.45, 2.75) is 60.0 Å². The molecule has 2 aromatic rings. The van der Waals surface area contributed by atoms with E-state index in [1.807, 2.05) is 64.1 Å². The second-order valence-corrected chi connectivity index (χ2v) is 10.7. The molecule has 0 saturated carbocycles. The van der Waals surface area contributed by atoms with Gasteiger partial charge in [0.2, 0.25) is 21.8 Å². The summed E-state index contributed by atoms with van der Waals surface area (Å²) in [6.07, 6.45) is 2.88. The van der Waals surface area contributed by atoms with Gasteiger partial charge in [-0.05, 0) is 62.4 Å². The number of benzene rings is 2. The van der Waals surface area contributed by atoms with Gasteiger partial charge in [-0.1, -0.05) is 49.7 Å². The molecule has 0 radical (unpaired) electrons. The second kappa shape index (κ2) is 12.0. The van der Waals surface area contributed by atoms with Crippen LogP contribution in [0.4, 0.5) is 5.69 Å². The lowest BCUT2D eigenvalue weighted by Gasteiger charge is -2.32. The smallest absolute Gasteiger partial charge is 0.244 e. The minimum atomic E-state index is -3.75. The highest BCUT2D eigenvalue weighted by molar-refractivity contribution is 7.92. The summed E-state index contributed by atoms with van der Waals surface area (Å²) >= 11 is 0. The summed E-state index contributed by atoms with van der Waals surface area (Å²) in [6, 6.07) is 12.4. The number of rotatable bonds is 11. The van der Waals surface area contributed by atoms with Crippen molar-refractivity contribution in [2.24, 2.45) is 0 Å². The molecule has 2 rings (SSSR count). The van der Waals surface area contributed by atoms with E-state index in [1.165, 1.54) is 4.90 Å². The number of sulfonamides is 1. The van der Waals surface area contributed by atoms with E-state index in [0.29, 0.717) is 12.2 Å². The van der Waals surface area contributed by atoms with E-state index in [-0.39, 0.29) is 19.0 Å². The summed E-state index contributed by atoms with van der Waals surface area (Å²) in [5.41, 5.74) is 4.00. The number of carbonyl (C=O) groups is 2. The first kappa shape index (κ1) is 27.4. The van der Waals surface area contributed by atoms with Gasteiger partial charge in [0.15, 0.2) is 0 Å². The molecule has 34 heavy (non-hydrogen) atoms. The fourth-order valence-electron chi connectivity index (χ4n) is 3.67. The molecule has 0 aliphatic carbocycles.